The number of carbonyl (C=O) groups is 1. The van der Waals surface area contributed by atoms with E-state index in [0.717, 1.165) is 5.56 Å². The molecule has 0 fully saturated rings. The zero-order valence-electron chi connectivity index (χ0n) is 14.1. The molecule has 1 aromatic heterocycles. The molecule has 2 aromatic rings. The van der Waals surface area contributed by atoms with Gasteiger partial charge in [0, 0.05) is 44.0 Å². The Morgan fingerprint density at radius 3 is 2.68 bits per heavy atom. The number of carbonyl (C=O) groups excluding carboxylic acids is 1. The molecule has 8 nitrogen and oxygen atoms in total. The largest absolute Gasteiger partial charge is 0.379 e. The van der Waals surface area contributed by atoms with Gasteiger partial charge in [-0.15, -0.1) is 0 Å². The third-order valence-corrected chi connectivity index (χ3v) is 3.67. The lowest BCUT2D eigenvalue weighted by molar-refractivity contribution is -0.384. The van der Waals surface area contributed by atoms with Gasteiger partial charge in [-0.2, -0.15) is 0 Å². The number of benzene rings is 1. The van der Waals surface area contributed by atoms with Crippen molar-refractivity contribution in [2.75, 3.05) is 18.4 Å². The minimum absolute atomic E-state index is 0.0316. The van der Waals surface area contributed by atoms with Gasteiger partial charge < -0.3 is 15.2 Å². The van der Waals surface area contributed by atoms with E-state index in [4.69, 9.17) is 0 Å². The van der Waals surface area contributed by atoms with Crippen LogP contribution >= 0.6 is 0 Å². The Labute approximate surface area is 144 Å². The quantitative estimate of drug-likeness (QED) is 0.453. The van der Waals surface area contributed by atoms with E-state index in [1.54, 1.807) is 32.2 Å². The predicted octanol–water partition coefficient (Wildman–Crippen LogP) is 1.83. The fourth-order valence-electron chi connectivity index (χ4n) is 2.25. The number of amides is 1. The molecule has 0 radical (unpaired) electrons. The van der Waals surface area contributed by atoms with Gasteiger partial charge >= 0.3 is 0 Å². The van der Waals surface area contributed by atoms with E-state index >= 15 is 0 Å². The minimum atomic E-state index is -0.424. The Hall–Kier alpha value is -3.16. The first-order valence-electron chi connectivity index (χ1n) is 7.82. The first kappa shape index (κ1) is 18.2. The third-order valence-electron chi connectivity index (χ3n) is 3.67. The lowest BCUT2D eigenvalue weighted by atomic mass is 10.2. The van der Waals surface area contributed by atoms with Crippen LogP contribution < -0.4 is 16.2 Å². The summed E-state index contributed by atoms with van der Waals surface area (Å²) in [6.07, 6.45) is 2.12. The molecule has 0 saturated heterocycles. The Morgan fingerprint density at radius 2 is 2.00 bits per heavy atom. The normalized spacial score (nSPS) is 10.3. The van der Waals surface area contributed by atoms with Crippen molar-refractivity contribution in [1.82, 2.24) is 9.88 Å². The molecule has 8 heteroatoms. The summed E-state index contributed by atoms with van der Waals surface area (Å²) >= 11 is 0. The van der Waals surface area contributed by atoms with Gasteiger partial charge in [0.15, 0.2) is 0 Å². The van der Waals surface area contributed by atoms with E-state index < -0.39 is 4.92 Å². The van der Waals surface area contributed by atoms with Gasteiger partial charge in [0.25, 0.3) is 17.2 Å². The summed E-state index contributed by atoms with van der Waals surface area (Å²) in [6, 6.07) is 7.84. The Bertz CT molecular complexity index is 845. The maximum Gasteiger partial charge on any atom is 0.292 e. The third kappa shape index (κ3) is 4.90. The van der Waals surface area contributed by atoms with E-state index in [0.29, 0.717) is 30.8 Å². The Morgan fingerprint density at radius 1 is 1.24 bits per heavy atom. The second-order valence-electron chi connectivity index (χ2n) is 5.68. The van der Waals surface area contributed by atoms with Gasteiger partial charge in [-0.1, -0.05) is 6.07 Å². The molecule has 0 saturated carbocycles. The van der Waals surface area contributed by atoms with Crippen LogP contribution in [0.4, 0.5) is 11.4 Å². The Balaban J connectivity index is 1.82. The number of nitro benzene ring substituents is 1. The lowest BCUT2D eigenvalue weighted by Gasteiger charge is -2.09. The monoisotopic (exact) mass is 344 g/mol. The molecule has 0 aliphatic heterocycles. The molecule has 0 aliphatic rings. The average molecular weight is 344 g/mol. The van der Waals surface area contributed by atoms with Crippen LogP contribution in [-0.4, -0.2) is 28.5 Å². The second-order valence-corrected chi connectivity index (χ2v) is 5.68. The number of aryl methyl sites for hydroxylation is 2. The number of anilines is 1. The van der Waals surface area contributed by atoms with Crippen molar-refractivity contribution in [2.24, 2.45) is 7.05 Å². The molecule has 1 amide bonds. The standard InChI is InChI=1S/C17H20N4O4/c1-12-4-5-14(15(10-12)21(24)25)18-7-3-8-19-17(23)13-6-9-20(2)16(22)11-13/h4-6,9-11,18H,3,7-8H2,1-2H3,(H,19,23). The number of pyridine rings is 1. The molecule has 1 aromatic carbocycles. The highest BCUT2D eigenvalue weighted by atomic mass is 16.6. The van der Waals surface area contributed by atoms with Gasteiger partial charge in [0.2, 0.25) is 0 Å². The molecular weight excluding hydrogens is 324 g/mol. The molecule has 0 aliphatic carbocycles. The summed E-state index contributed by atoms with van der Waals surface area (Å²) in [5.74, 6) is -0.320. The van der Waals surface area contributed by atoms with Gasteiger partial charge in [0.1, 0.15) is 5.69 Å². The number of hydrogen-bond acceptors (Lipinski definition) is 5. The van der Waals surface area contributed by atoms with Crippen molar-refractivity contribution in [3.05, 3.63) is 68.1 Å². The van der Waals surface area contributed by atoms with E-state index in [1.165, 1.54) is 22.9 Å². The van der Waals surface area contributed by atoms with Crippen LogP contribution in [0.5, 0.6) is 0 Å². The maximum absolute atomic E-state index is 12.0. The predicted molar refractivity (Wildman–Crippen MR) is 95.0 cm³/mol. The summed E-state index contributed by atoms with van der Waals surface area (Å²) in [4.78, 5) is 34.1. The van der Waals surface area contributed by atoms with E-state index in [-0.39, 0.29) is 17.2 Å². The summed E-state index contributed by atoms with van der Waals surface area (Å²) in [5, 5.41) is 16.8. The summed E-state index contributed by atoms with van der Waals surface area (Å²) in [7, 11) is 1.61. The molecule has 0 unspecified atom stereocenters. The fourth-order valence-corrected chi connectivity index (χ4v) is 2.25. The van der Waals surface area contributed by atoms with Crippen LogP contribution in [0.3, 0.4) is 0 Å². The number of nitrogens with one attached hydrogen (secondary N) is 2. The Kier molecular flexibility index (Phi) is 5.89. The van der Waals surface area contributed by atoms with E-state index in [2.05, 4.69) is 10.6 Å². The number of nitrogens with zero attached hydrogens (tertiary/aromatic N) is 2. The minimum Gasteiger partial charge on any atom is -0.379 e. The van der Waals surface area contributed by atoms with Crippen molar-refractivity contribution in [3.8, 4) is 0 Å². The highest BCUT2D eigenvalue weighted by Crippen LogP contribution is 2.24. The summed E-state index contributed by atoms with van der Waals surface area (Å²) in [6.45, 7) is 2.66. The van der Waals surface area contributed by atoms with Gasteiger partial charge in [-0.05, 0) is 31.0 Å². The number of hydrogen-bond donors (Lipinski definition) is 2. The van der Waals surface area contributed by atoms with Crippen molar-refractivity contribution >= 4 is 17.3 Å². The maximum atomic E-state index is 12.0. The van der Waals surface area contributed by atoms with Crippen LogP contribution in [0.15, 0.2) is 41.3 Å². The number of rotatable bonds is 7. The smallest absolute Gasteiger partial charge is 0.292 e. The molecule has 0 bridgehead atoms. The van der Waals surface area contributed by atoms with Crippen molar-refractivity contribution < 1.29 is 9.72 Å². The van der Waals surface area contributed by atoms with Gasteiger partial charge in [-0.3, -0.25) is 19.7 Å². The first-order valence-corrected chi connectivity index (χ1v) is 7.82. The highest BCUT2D eigenvalue weighted by Gasteiger charge is 2.13. The zero-order chi connectivity index (χ0) is 18.4. The SMILES string of the molecule is Cc1ccc(NCCCNC(=O)c2ccn(C)c(=O)c2)c([N+](=O)[O-])c1. The molecule has 132 valence electrons. The fraction of sp³-hybridized carbons (Fsp3) is 0.294. The molecule has 0 atom stereocenters. The van der Waals surface area contributed by atoms with Crippen LogP contribution in [-0.2, 0) is 7.05 Å². The molecular formula is C17H20N4O4. The zero-order valence-corrected chi connectivity index (χ0v) is 14.1. The van der Waals surface area contributed by atoms with E-state index in [1.807, 2.05) is 0 Å². The van der Waals surface area contributed by atoms with Crippen molar-refractivity contribution in [2.45, 2.75) is 13.3 Å². The van der Waals surface area contributed by atoms with Crippen molar-refractivity contribution in [3.63, 3.8) is 0 Å². The van der Waals surface area contributed by atoms with Gasteiger partial charge in [-0.25, -0.2) is 0 Å². The molecule has 25 heavy (non-hydrogen) atoms. The average Bonchev–Trinajstić information content (AvgIpc) is 2.57. The van der Waals surface area contributed by atoms with Crippen LogP contribution in [0.2, 0.25) is 0 Å². The summed E-state index contributed by atoms with van der Waals surface area (Å²) in [5.41, 5.74) is 1.36. The second kappa shape index (κ2) is 8.09. The van der Waals surface area contributed by atoms with Crippen molar-refractivity contribution in [1.29, 1.82) is 0 Å². The topological polar surface area (TPSA) is 106 Å². The van der Waals surface area contributed by atoms with Crippen LogP contribution in [0, 0.1) is 17.0 Å². The van der Waals surface area contributed by atoms with Crippen LogP contribution in [0.1, 0.15) is 22.3 Å². The summed E-state index contributed by atoms with van der Waals surface area (Å²) < 4.78 is 1.38. The molecule has 0 spiro atoms. The first-order chi connectivity index (χ1) is 11.9. The number of aromatic nitrogens is 1. The van der Waals surface area contributed by atoms with Crippen LogP contribution in [0.25, 0.3) is 0 Å². The van der Waals surface area contributed by atoms with Gasteiger partial charge in [0.05, 0.1) is 4.92 Å². The lowest BCUT2D eigenvalue weighted by Crippen LogP contribution is -2.27. The van der Waals surface area contributed by atoms with E-state index in [9.17, 15) is 19.7 Å². The highest BCUT2D eigenvalue weighted by molar-refractivity contribution is 5.93. The molecule has 2 rings (SSSR count). The molecule has 1 heterocycles. The molecule has 2 N–H and O–H groups in total. The number of nitro groups is 1.